The Kier molecular flexibility index (Phi) is 7.47. The molecule has 0 amide bonds. The molecule has 0 unspecified atom stereocenters. The zero-order valence-electron chi connectivity index (χ0n) is 22.6. The molecular weight excluding hydrogens is 583 g/mol. The van der Waals surface area contributed by atoms with Gasteiger partial charge >= 0.3 is 5.97 Å². The molecule has 2 aromatic heterocycles. The molecule has 1 aliphatic rings. The summed E-state index contributed by atoms with van der Waals surface area (Å²) in [5, 5.41) is 18.3. The number of carbonyl (C=O) groups is 1. The minimum absolute atomic E-state index is 0.0302. The molecule has 44 heavy (non-hydrogen) atoms. The zero-order valence-corrected chi connectivity index (χ0v) is 22.6. The van der Waals surface area contributed by atoms with Crippen LogP contribution >= 0.6 is 0 Å². The highest BCUT2D eigenvalue weighted by Gasteiger charge is 2.47. The Morgan fingerprint density at radius 3 is 2.50 bits per heavy atom. The van der Waals surface area contributed by atoms with Crippen LogP contribution in [-0.2, 0) is 13.0 Å². The van der Waals surface area contributed by atoms with Crippen LogP contribution in [0.4, 0.5) is 22.0 Å². The maximum absolute atomic E-state index is 15.4. The summed E-state index contributed by atoms with van der Waals surface area (Å²) in [5.74, 6) is -4.16. The number of aromatic nitrogens is 3. The summed E-state index contributed by atoms with van der Waals surface area (Å²) in [6, 6.07) is 15.6. The monoisotopic (exact) mass is 604 g/mol. The summed E-state index contributed by atoms with van der Waals surface area (Å²) in [5.41, 5.74) is 0.756. The molecule has 0 radical (unpaired) electrons. The summed E-state index contributed by atoms with van der Waals surface area (Å²) >= 11 is 0. The quantitative estimate of drug-likeness (QED) is 0.181. The Hall–Kier alpha value is -5.31. The van der Waals surface area contributed by atoms with E-state index in [1.807, 2.05) is 6.07 Å². The van der Waals surface area contributed by atoms with Crippen LogP contribution in [0.15, 0.2) is 66.7 Å². The predicted molar refractivity (Wildman–Crippen MR) is 148 cm³/mol. The molecule has 7 nitrogen and oxygen atoms in total. The van der Waals surface area contributed by atoms with E-state index in [-0.39, 0.29) is 64.7 Å². The second-order valence-corrected chi connectivity index (χ2v) is 10.4. The molecule has 0 spiro atoms. The number of hydrogen-bond donors (Lipinski definition) is 1. The first-order chi connectivity index (χ1) is 21.1. The van der Waals surface area contributed by atoms with E-state index in [2.05, 4.69) is 9.97 Å². The first-order valence-electron chi connectivity index (χ1n) is 13.4. The highest BCUT2D eigenvalue weighted by Crippen LogP contribution is 2.49. The number of halogens is 5. The smallest absolute Gasteiger partial charge is 0.335 e. The molecule has 1 fully saturated rings. The molecule has 1 saturated carbocycles. The average Bonchev–Trinajstić information content (AvgIpc) is 3.72. The van der Waals surface area contributed by atoms with Crippen molar-refractivity contribution < 1.29 is 36.6 Å². The molecule has 2 heterocycles. The Morgan fingerprint density at radius 1 is 1.00 bits per heavy atom. The van der Waals surface area contributed by atoms with Crippen molar-refractivity contribution in [2.24, 2.45) is 5.92 Å². The third-order valence-corrected chi connectivity index (χ3v) is 7.51. The number of pyridine rings is 1. The van der Waals surface area contributed by atoms with E-state index in [1.54, 1.807) is 0 Å². The number of benzene rings is 3. The van der Waals surface area contributed by atoms with E-state index in [0.29, 0.717) is 11.0 Å². The van der Waals surface area contributed by atoms with Crippen molar-refractivity contribution in [2.75, 3.05) is 0 Å². The molecule has 0 aliphatic heterocycles. The normalized spacial score (nSPS) is 15.8. The molecule has 0 bridgehead atoms. The van der Waals surface area contributed by atoms with Gasteiger partial charge in [-0.25, -0.2) is 36.7 Å². The van der Waals surface area contributed by atoms with Gasteiger partial charge in [0.2, 0.25) is 12.3 Å². The fraction of sp³-hybridized carbons (Fsp3) is 0.188. The Morgan fingerprint density at radius 2 is 1.80 bits per heavy atom. The van der Waals surface area contributed by atoms with E-state index in [9.17, 15) is 23.1 Å². The van der Waals surface area contributed by atoms with Gasteiger partial charge < -0.3 is 14.4 Å². The second kappa shape index (κ2) is 11.4. The van der Waals surface area contributed by atoms with E-state index in [1.165, 1.54) is 53.1 Å². The SMILES string of the molecule is N#Cc1ccc(COc2cccc(-c3cc(F)c(Cc4nc5ccc(C(=O)O)cc5n4[C@@H]4C[C@H]4C(F)F)cc3F)n2)c(F)c1. The lowest BCUT2D eigenvalue weighted by molar-refractivity contribution is 0.0696. The van der Waals surface area contributed by atoms with Gasteiger partial charge in [0, 0.05) is 35.6 Å². The van der Waals surface area contributed by atoms with E-state index in [0.717, 1.165) is 18.2 Å². The van der Waals surface area contributed by atoms with Crippen LogP contribution in [0.3, 0.4) is 0 Å². The van der Waals surface area contributed by atoms with E-state index < -0.39 is 41.8 Å². The van der Waals surface area contributed by atoms with Gasteiger partial charge in [0.25, 0.3) is 0 Å². The topological polar surface area (TPSA) is 101 Å². The standard InChI is InChI=1S/C32H21F5N4O3/c33-22-8-16(14-38)4-5-18(22)15-44-30-3-1-2-25(40-30)20-12-23(34)19(9-24(20)35)11-29-39-26-7-6-17(32(42)43)10-28(26)41(29)27-13-21(27)31(36)37/h1-10,12,21,27,31H,11,13,15H2,(H,42,43)/t21-,27-/m1/s1. The van der Waals surface area contributed by atoms with Gasteiger partial charge in [0.05, 0.1) is 33.9 Å². The molecule has 0 saturated heterocycles. The maximum Gasteiger partial charge on any atom is 0.335 e. The summed E-state index contributed by atoms with van der Waals surface area (Å²) < 4.78 is 79.0. The largest absolute Gasteiger partial charge is 0.478 e. The molecule has 1 aliphatic carbocycles. The van der Waals surface area contributed by atoms with Gasteiger partial charge in [-0.2, -0.15) is 5.26 Å². The number of hydrogen-bond acceptors (Lipinski definition) is 5. The molecular formula is C32H21F5N4O3. The van der Waals surface area contributed by atoms with Crippen molar-refractivity contribution >= 4 is 17.0 Å². The number of carboxylic acids is 1. The molecule has 1 N–H and O–H groups in total. The Labute approximate surface area is 246 Å². The van der Waals surface area contributed by atoms with Crippen molar-refractivity contribution in [3.63, 3.8) is 0 Å². The molecule has 12 heteroatoms. The van der Waals surface area contributed by atoms with Crippen LogP contribution in [-0.4, -0.2) is 32.0 Å². The summed E-state index contributed by atoms with van der Waals surface area (Å²) in [6.07, 6.45) is -2.69. The van der Waals surface area contributed by atoms with Gasteiger partial charge in [-0.1, -0.05) is 12.1 Å². The number of fused-ring (bicyclic) bond motifs is 1. The Balaban J connectivity index is 1.28. The lowest BCUT2D eigenvalue weighted by atomic mass is 10.0. The first kappa shape index (κ1) is 28.8. The number of rotatable bonds is 9. The van der Waals surface area contributed by atoms with Crippen molar-refractivity contribution in [3.8, 4) is 23.2 Å². The van der Waals surface area contributed by atoms with Crippen molar-refractivity contribution in [3.05, 3.63) is 112 Å². The summed E-state index contributed by atoms with van der Waals surface area (Å²) in [7, 11) is 0. The highest BCUT2D eigenvalue weighted by atomic mass is 19.3. The van der Waals surface area contributed by atoms with Gasteiger partial charge in [-0.05, 0) is 60.5 Å². The van der Waals surface area contributed by atoms with E-state index >= 15 is 8.78 Å². The van der Waals surface area contributed by atoms with Crippen LogP contribution in [0.1, 0.15) is 45.3 Å². The fourth-order valence-electron chi connectivity index (χ4n) is 5.16. The second-order valence-electron chi connectivity index (χ2n) is 10.4. The van der Waals surface area contributed by atoms with Crippen LogP contribution in [0.5, 0.6) is 5.88 Å². The molecule has 2 atom stereocenters. The fourth-order valence-corrected chi connectivity index (χ4v) is 5.16. The van der Waals surface area contributed by atoms with Gasteiger partial charge in [0.1, 0.15) is 29.9 Å². The number of aromatic carboxylic acids is 1. The number of carboxylic acid groups (broad SMARTS) is 1. The number of imidazole rings is 1. The Bertz CT molecular complexity index is 1970. The highest BCUT2D eigenvalue weighted by molar-refractivity contribution is 5.92. The minimum atomic E-state index is -2.60. The third-order valence-electron chi connectivity index (χ3n) is 7.51. The van der Waals surface area contributed by atoms with Crippen LogP contribution in [0.2, 0.25) is 0 Å². The van der Waals surface area contributed by atoms with Crippen LogP contribution in [0, 0.1) is 34.7 Å². The van der Waals surface area contributed by atoms with Gasteiger partial charge in [0.15, 0.2) is 0 Å². The maximum atomic E-state index is 15.4. The lowest BCUT2D eigenvalue weighted by Gasteiger charge is -2.12. The number of nitrogens with zero attached hydrogens (tertiary/aromatic N) is 4. The average molecular weight is 605 g/mol. The van der Waals surface area contributed by atoms with E-state index in [4.69, 9.17) is 10.00 Å². The number of ether oxygens (including phenoxy) is 1. The third kappa shape index (κ3) is 5.56. The van der Waals surface area contributed by atoms with Crippen LogP contribution in [0.25, 0.3) is 22.3 Å². The van der Waals surface area contributed by atoms with Gasteiger partial charge in [-0.3, -0.25) is 0 Å². The molecule has 5 aromatic rings. The zero-order chi connectivity index (χ0) is 31.1. The first-order valence-corrected chi connectivity index (χ1v) is 13.4. The number of alkyl halides is 2. The van der Waals surface area contributed by atoms with Crippen LogP contribution < -0.4 is 4.74 Å². The lowest BCUT2D eigenvalue weighted by Crippen LogP contribution is -2.08. The van der Waals surface area contributed by atoms with Gasteiger partial charge in [-0.15, -0.1) is 0 Å². The molecule has 3 aromatic carbocycles. The molecule has 222 valence electrons. The predicted octanol–water partition coefficient (Wildman–Crippen LogP) is 7.08. The number of nitriles is 1. The molecule has 6 rings (SSSR count). The minimum Gasteiger partial charge on any atom is -0.478 e. The summed E-state index contributed by atoms with van der Waals surface area (Å²) in [6.45, 7) is -0.216. The van der Waals surface area contributed by atoms with Crippen molar-refractivity contribution in [1.29, 1.82) is 5.26 Å². The summed E-state index contributed by atoms with van der Waals surface area (Å²) in [4.78, 5) is 20.2. The van der Waals surface area contributed by atoms with Crippen molar-refractivity contribution in [1.82, 2.24) is 14.5 Å². The van der Waals surface area contributed by atoms with Crippen molar-refractivity contribution in [2.45, 2.75) is 31.9 Å².